The van der Waals surface area contributed by atoms with E-state index >= 15 is 0 Å². The zero-order valence-electron chi connectivity index (χ0n) is 18.5. The van der Waals surface area contributed by atoms with Gasteiger partial charge in [0.25, 0.3) is 5.91 Å². The lowest BCUT2D eigenvalue weighted by atomic mass is 9.88. The maximum Gasteiger partial charge on any atom is 0.335 e. The minimum atomic E-state index is -0.951. The number of nitrogens with zero attached hydrogens (tertiary/aromatic N) is 1. The van der Waals surface area contributed by atoms with Gasteiger partial charge in [0.2, 0.25) is 0 Å². The average molecular weight is 449 g/mol. The molecule has 6 rings (SSSR count). The van der Waals surface area contributed by atoms with Gasteiger partial charge >= 0.3 is 5.97 Å². The summed E-state index contributed by atoms with van der Waals surface area (Å²) in [6.07, 6.45) is 4.63. The molecule has 1 unspecified atom stereocenters. The lowest BCUT2D eigenvalue weighted by Crippen LogP contribution is -2.44. The van der Waals surface area contributed by atoms with Crippen LogP contribution in [-0.4, -0.2) is 47.7 Å². The molecular formula is C26H28N2O5. The molecule has 3 aliphatic heterocycles. The van der Waals surface area contributed by atoms with Crippen LogP contribution in [0.2, 0.25) is 0 Å². The second-order valence-electron chi connectivity index (χ2n) is 9.77. The molecule has 0 bridgehead atoms. The van der Waals surface area contributed by atoms with Crippen molar-refractivity contribution in [1.29, 1.82) is 0 Å². The largest absolute Gasteiger partial charge is 0.478 e. The minimum absolute atomic E-state index is 0.185. The molecule has 3 atom stereocenters. The number of rotatable bonds is 4. The van der Waals surface area contributed by atoms with Crippen molar-refractivity contribution in [1.82, 2.24) is 4.90 Å². The van der Waals surface area contributed by atoms with Gasteiger partial charge in [0, 0.05) is 25.3 Å². The number of likely N-dealkylation sites (tertiary alicyclic amines) is 1. The summed E-state index contributed by atoms with van der Waals surface area (Å²) in [6.45, 7) is 2.39. The van der Waals surface area contributed by atoms with Crippen LogP contribution in [0.3, 0.4) is 0 Å². The van der Waals surface area contributed by atoms with E-state index in [0.717, 1.165) is 44.3 Å². The normalized spacial score (nSPS) is 27.0. The maximum absolute atomic E-state index is 12.6. The SMILES string of the molecule is O=C(O)c1ccc2c(c1)NC(c1ccc([C@@H]3CC34CCN(C(=O)[C@H]3CCCO3)CC4)cc1)O2. The molecule has 4 aliphatic rings. The molecule has 7 heteroatoms. The Morgan fingerprint density at radius 2 is 1.82 bits per heavy atom. The number of amides is 1. The van der Waals surface area contributed by atoms with Crippen molar-refractivity contribution < 1.29 is 24.2 Å². The van der Waals surface area contributed by atoms with E-state index in [4.69, 9.17) is 9.47 Å². The number of benzene rings is 2. The monoisotopic (exact) mass is 448 g/mol. The van der Waals surface area contributed by atoms with Crippen molar-refractivity contribution in [2.75, 3.05) is 25.0 Å². The smallest absolute Gasteiger partial charge is 0.335 e. The third-order valence-electron chi connectivity index (χ3n) is 7.87. The van der Waals surface area contributed by atoms with E-state index in [0.29, 0.717) is 29.4 Å². The summed E-state index contributed by atoms with van der Waals surface area (Å²) in [5.41, 5.74) is 3.64. The van der Waals surface area contributed by atoms with Crippen LogP contribution in [0, 0.1) is 5.41 Å². The van der Waals surface area contributed by atoms with Crippen LogP contribution in [0.25, 0.3) is 0 Å². The number of nitrogens with one attached hydrogen (secondary N) is 1. The summed E-state index contributed by atoms with van der Waals surface area (Å²) in [6, 6.07) is 13.4. The number of hydrogen-bond acceptors (Lipinski definition) is 5. The Labute approximate surface area is 192 Å². The van der Waals surface area contributed by atoms with Gasteiger partial charge < -0.3 is 24.8 Å². The highest BCUT2D eigenvalue weighted by atomic mass is 16.5. The molecule has 172 valence electrons. The Bertz CT molecular complexity index is 1080. The molecule has 2 N–H and O–H groups in total. The first-order valence-corrected chi connectivity index (χ1v) is 11.8. The number of fused-ring (bicyclic) bond motifs is 1. The van der Waals surface area contributed by atoms with E-state index < -0.39 is 5.97 Å². The second kappa shape index (κ2) is 7.76. The first-order chi connectivity index (χ1) is 16.0. The second-order valence-corrected chi connectivity index (χ2v) is 9.77. The van der Waals surface area contributed by atoms with E-state index in [1.165, 1.54) is 12.0 Å². The molecule has 33 heavy (non-hydrogen) atoms. The highest BCUT2D eigenvalue weighted by molar-refractivity contribution is 5.89. The van der Waals surface area contributed by atoms with Gasteiger partial charge in [-0.25, -0.2) is 4.79 Å². The van der Waals surface area contributed by atoms with Crippen molar-refractivity contribution in [3.8, 4) is 5.75 Å². The molecular weight excluding hydrogens is 420 g/mol. The standard InChI is InChI=1S/C26H28N2O5/c29-24(22-2-1-13-32-22)28-11-9-26(10-12-28)15-19(26)16-3-5-17(6-4-16)23-27-20-14-18(25(30)31)7-8-21(20)33-23/h3-8,14,19,22-23,27H,1-2,9-13,15H2,(H,30,31)/t19-,22+,23?/m0/s1. The molecule has 1 amide bonds. The number of carboxylic acids is 1. The highest BCUT2D eigenvalue weighted by Crippen LogP contribution is 2.65. The average Bonchev–Trinajstić information content (AvgIpc) is 3.21. The van der Waals surface area contributed by atoms with Crippen LogP contribution in [-0.2, 0) is 9.53 Å². The molecule has 7 nitrogen and oxygen atoms in total. The van der Waals surface area contributed by atoms with Gasteiger partial charge in [0.15, 0.2) is 6.23 Å². The maximum atomic E-state index is 12.6. The number of hydrogen-bond donors (Lipinski definition) is 2. The van der Waals surface area contributed by atoms with E-state index in [2.05, 4.69) is 29.6 Å². The number of carbonyl (C=O) groups excluding carboxylic acids is 1. The molecule has 3 fully saturated rings. The predicted molar refractivity (Wildman–Crippen MR) is 121 cm³/mol. The fraction of sp³-hybridized carbons (Fsp3) is 0.462. The lowest BCUT2D eigenvalue weighted by molar-refractivity contribution is -0.142. The van der Waals surface area contributed by atoms with Crippen molar-refractivity contribution >= 4 is 17.6 Å². The van der Waals surface area contributed by atoms with E-state index in [-0.39, 0.29) is 23.8 Å². The van der Waals surface area contributed by atoms with Crippen LogP contribution in [0.4, 0.5) is 5.69 Å². The number of anilines is 1. The summed E-state index contributed by atoms with van der Waals surface area (Å²) in [5.74, 6) is 0.455. The van der Waals surface area contributed by atoms with Crippen molar-refractivity contribution in [2.24, 2.45) is 5.41 Å². The zero-order chi connectivity index (χ0) is 22.6. The zero-order valence-corrected chi connectivity index (χ0v) is 18.5. The highest BCUT2D eigenvalue weighted by Gasteiger charge is 2.55. The Kier molecular flexibility index (Phi) is 4.83. The predicted octanol–water partition coefficient (Wildman–Crippen LogP) is 4.16. The Morgan fingerprint density at radius 3 is 2.52 bits per heavy atom. The molecule has 1 spiro atoms. The van der Waals surface area contributed by atoms with Gasteiger partial charge in [-0.1, -0.05) is 24.3 Å². The summed E-state index contributed by atoms with van der Waals surface area (Å²) in [7, 11) is 0. The molecule has 2 aromatic carbocycles. The molecule has 0 aromatic heterocycles. The lowest BCUT2D eigenvalue weighted by Gasteiger charge is -2.34. The number of carbonyl (C=O) groups is 2. The quantitative estimate of drug-likeness (QED) is 0.730. The first-order valence-electron chi connectivity index (χ1n) is 11.8. The third-order valence-corrected chi connectivity index (χ3v) is 7.87. The van der Waals surface area contributed by atoms with Gasteiger partial charge in [0.05, 0.1) is 11.3 Å². The third kappa shape index (κ3) is 3.64. The summed E-state index contributed by atoms with van der Waals surface area (Å²) >= 11 is 0. The summed E-state index contributed by atoms with van der Waals surface area (Å²) < 4.78 is 11.6. The number of aromatic carboxylic acids is 1. The molecule has 1 saturated carbocycles. The van der Waals surface area contributed by atoms with Gasteiger partial charge in [-0.2, -0.15) is 0 Å². The van der Waals surface area contributed by atoms with E-state index in [1.807, 2.05) is 4.90 Å². The number of carboxylic acid groups (broad SMARTS) is 1. The van der Waals surface area contributed by atoms with Crippen molar-refractivity contribution in [3.63, 3.8) is 0 Å². The van der Waals surface area contributed by atoms with Crippen LogP contribution >= 0.6 is 0 Å². The number of piperidine rings is 1. The molecule has 2 aromatic rings. The van der Waals surface area contributed by atoms with Gasteiger partial charge in [-0.15, -0.1) is 0 Å². The van der Waals surface area contributed by atoms with Gasteiger partial charge in [-0.05, 0) is 67.2 Å². The fourth-order valence-corrected chi connectivity index (χ4v) is 5.75. The molecule has 1 aliphatic carbocycles. The van der Waals surface area contributed by atoms with Gasteiger partial charge in [-0.3, -0.25) is 4.79 Å². The topological polar surface area (TPSA) is 88.1 Å². The van der Waals surface area contributed by atoms with E-state index in [1.54, 1.807) is 18.2 Å². The van der Waals surface area contributed by atoms with E-state index in [9.17, 15) is 14.7 Å². The Balaban J connectivity index is 1.07. The van der Waals surface area contributed by atoms with Crippen LogP contribution < -0.4 is 10.1 Å². The summed E-state index contributed by atoms with van der Waals surface area (Å²) in [5, 5.41) is 12.5. The fourth-order valence-electron chi connectivity index (χ4n) is 5.75. The van der Waals surface area contributed by atoms with Crippen molar-refractivity contribution in [3.05, 3.63) is 59.2 Å². The Hall–Kier alpha value is -3.06. The molecule has 2 saturated heterocycles. The summed E-state index contributed by atoms with van der Waals surface area (Å²) in [4.78, 5) is 25.8. The molecule has 3 heterocycles. The Morgan fingerprint density at radius 1 is 1.06 bits per heavy atom. The number of ether oxygens (including phenoxy) is 2. The first kappa shape index (κ1) is 20.5. The van der Waals surface area contributed by atoms with Crippen LogP contribution in [0.5, 0.6) is 5.75 Å². The van der Waals surface area contributed by atoms with Gasteiger partial charge in [0.1, 0.15) is 11.9 Å². The van der Waals surface area contributed by atoms with Crippen LogP contribution in [0.1, 0.15) is 65.7 Å². The minimum Gasteiger partial charge on any atom is -0.478 e. The van der Waals surface area contributed by atoms with Crippen LogP contribution in [0.15, 0.2) is 42.5 Å². The molecule has 0 radical (unpaired) electrons. The van der Waals surface area contributed by atoms with Crippen molar-refractivity contribution in [2.45, 2.75) is 50.4 Å².